The molecule has 5 nitrogen and oxygen atoms in total. The molecule has 0 saturated heterocycles. The van der Waals surface area contributed by atoms with Gasteiger partial charge < -0.3 is 10.0 Å². The van der Waals surface area contributed by atoms with E-state index in [-0.39, 0.29) is 6.04 Å². The first-order chi connectivity index (χ1) is 10.9. The molecule has 0 aliphatic carbocycles. The fourth-order valence-electron chi connectivity index (χ4n) is 2.27. The summed E-state index contributed by atoms with van der Waals surface area (Å²) in [4.78, 5) is 14.0. The number of nitrogens with zero attached hydrogens (tertiary/aromatic N) is 3. The van der Waals surface area contributed by atoms with Gasteiger partial charge in [-0.3, -0.25) is 9.48 Å². The number of hydrogen-bond acceptors (Lipinski definition) is 3. The number of carbonyl (C=O) groups is 1. The SMILES string of the molecule is CCN(Cc1cnn(C(C)C)c1)C(=O)[C@H](O)c1ccc(F)cc1. The molecule has 124 valence electrons. The topological polar surface area (TPSA) is 58.4 Å². The molecule has 1 amide bonds. The number of likely N-dealkylation sites (N-methyl/N-ethyl adjacent to an activating group) is 1. The predicted octanol–water partition coefficient (Wildman–Crippen LogP) is 2.69. The van der Waals surface area contributed by atoms with Gasteiger partial charge in [0.05, 0.1) is 6.20 Å². The molecule has 0 fully saturated rings. The maximum atomic E-state index is 12.9. The van der Waals surface area contributed by atoms with E-state index >= 15 is 0 Å². The summed E-state index contributed by atoms with van der Waals surface area (Å²) in [5.74, 6) is -0.807. The Labute approximate surface area is 135 Å². The molecule has 2 rings (SSSR count). The Kier molecular flexibility index (Phi) is 5.50. The normalized spacial score (nSPS) is 12.4. The van der Waals surface area contributed by atoms with Crippen molar-refractivity contribution in [2.75, 3.05) is 6.54 Å². The zero-order valence-corrected chi connectivity index (χ0v) is 13.6. The summed E-state index contributed by atoms with van der Waals surface area (Å²) >= 11 is 0. The van der Waals surface area contributed by atoms with Gasteiger partial charge >= 0.3 is 0 Å². The summed E-state index contributed by atoms with van der Waals surface area (Å²) in [5.41, 5.74) is 1.29. The Morgan fingerprint density at radius 1 is 1.35 bits per heavy atom. The van der Waals surface area contributed by atoms with E-state index in [1.54, 1.807) is 11.1 Å². The molecule has 0 aliphatic heterocycles. The number of carbonyl (C=O) groups excluding carboxylic acids is 1. The second-order valence-electron chi connectivity index (χ2n) is 5.73. The van der Waals surface area contributed by atoms with Crippen LogP contribution in [0.25, 0.3) is 0 Å². The molecule has 6 heteroatoms. The average molecular weight is 319 g/mol. The number of halogens is 1. The molecule has 0 bridgehead atoms. The maximum absolute atomic E-state index is 12.9. The monoisotopic (exact) mass is 319 g/mol. The predicted molar refractivity (Wildman–Crippen MR) is 85.1 cm³/mol. The van der Waals surface area contributed by atoms with Gasteiger partial charge in [-0.2, -0.15) is 5.10 Å². The lowest BCUT2D eigenvalue weighted by atomic mass is 10.1. The standard InChI is InChI=1S/C17H22FN3O2/c1-4-20(10-13-9-19-21(11-13)12(2)3)17(23)16(22)14-5-7-15(18)8-6-14/h5-9,11-12,16,22H,4,10H2,1-3H3/t16-/m1/s1. The minimum atomic E-state index is -1.30. The number of hydrogen-bond donors (Lipinski definition) is 1. The van der Waals surface area contributed by atoms with E-state index in [4.69, 9.17) is 0 Å². The number of benzene rings is 1. The number of amides is 1. The van der Waals surface area contributed by atoms with Gasteiger partial charge in [-0.05, 0) is 38.5 Å². The van der Waals surface area contributed by atoms with Crippen molar-refractivity contribution in [1.29, 1.82) is 0 Å². The lowest BCUT2D eigenvalue weighted by Gasteiger charge is -2.23. The molecule has 1 aromatic heterocycles. The third-order valence-electron chi connectivity index (χ3n) is 3.67. The summed E-state index contributed by atoms with van der Waals surface area (Å²) in [6, 6.07) is 5.55. The first-order valence-electron chi connectivity index (χ1n) is 7.67. The fourth-order valence-corrected chi connectivity index (χ4v) is 2.27. The number of rotatable bonds is 6. The van der Waals surface area contributed by atoms with Crippen LogP contribution in [-0.4, -0.2) is 32.2 Å². The summed E-state index contributed by atoms with van der Waals surface area (Å²) in [6.45, 7) is 6.74. The zero-order valence-electron chi connectivity index (χ0n) is 13.6. The van der Waals surface area contributed by atoms with Crippen LogP contribution in [0.15, 0.2) is 36.7 Å². The van der Waals surface area contributed by atoms with Gasteiger partial charge in [-0.1, -0.05) is 12.1 Å². The van der Waals surface area contributed by atoms with E-state index in [0.29, 0.717) is 18.7 Å². The molecule has 0 unspecified atom stereocenters. The van der Waals surface area contributed by atoms with E-state index in [1.165, 1.54) is 24.3 Å². The maximum Gasteiger partial charge on any atom is 0.256 e. The highest BCUT2D eigenvalue weighted by Gasteiger charge is 2.23. The minimum Gasteiger partial charge on any atom is -0.378 e. The first kappa shape index (κ1) is 17.1. The van der Waals surface area contributed by atoms with Crippen molar-refractivity contribution in [3.05, 3.63) is 53.6 Å². The smallest absolute Gasteiger partial charge is 0.256 e. The van der Waals surface area contributed by atoms with Crippen LogP contribution >= 0.6 is 0 Å². The quantitative estimate of drug-likeness (QED) is 0.890. The molecular formula is C17H22FN3O2. The van der Waals surface area contributed by atoms with E-state index < -0.39 is 17.8 Å². The van der Waals surface area contributed by atoms with Gasteiger partial charge in [-0.25, -0.2) is 4.39 Å². The van der Waals surface area contributed by atoms with Crippen molar-refractivity contribution in [3.8, 4) is 0 Å². The molecule has 0 spiro atoms. The van der Waals surface area contributed by atoms with Crippen LogP contribution in [0.5, 0.6) is 0 Å². The molecule has 0 saturated carbocycles. The van der Waals surface area contributed by atoms with Crippen LogP contribution in [0.1, 0.15) is 44.0 Å². The molecule has 1 atom stereocenters. The Morgan fingerprint density at radius 3 is 2.52 bits per heavy atom. The van der Waals surface area contributed by atoms with Crippen molar-refractivity contribution in [2.45, 2.75) is 39.5 Å². The average Bonchev–Trinajstić information content (AvgIpc) is 3.01. The molecule has 0 radical (unpaired) electrons. The Bertz CT molecular complexity index is 652. The van der Waals surface area contributed by atoms with Gasteiger partial charge in [0.15, 0.2) is 6.10 Å². The van der Waals surface area contributed by atoms with Crippen LogP contribution in [0.4, 0.5) is 4.39 Å². The highest BCUT2D eigenvalue weighted by molar-refractivity contribution is 5.82. The Balaban J connectivity index is 2.09. The molecule has 1 aromatic carbocycles. The first-order valence-corrected chi connectivity index (χ1v) is 7.67. The number of aromatic nitrogens is 2. The molecule has 2 aromatic rings. The second kappa shape index (κ2) is 7.37. The van der Waals surface area contributed by atoms with Crippen molar-refractivity contribution in [1.82, 2.24) is 14.7 Å². The molecule has 23 heavy (non-hydrogen) atoms. The molecule has 0 aliphatic rings. The summed E-state index contributed by atoms with van der Waals surface area (Å²) in [5, 5.41) is 14.5. The largest absolute Gasteiger partial charge is 0.378 e. The molecular weight excluding hydrogens is 297 g/mol. The molecule has 1 heterocycles. The zero-order chi connectivity index (χ0) is 17.0. The second-order valence-corrected chi connectivity index (χ2v) is 5.73. The van der Waals surface area contributed by atoms with Crippen molar-refractivity contribution in [3.63, 3.8) is 0 Å². The van der Waals surface area contributed by atoms with E-state index in [2.05, 4.69) is 5.10 Å². The van der Waals surface area contributed by atoms with Gasteiger partial charge in [0.1, 0.15) is 5.82 Å². The Hall–Kier alpha value is -2.21. The third-order valence-corrected chi connectivity index (χ3v) is 3.67. The van der Waals surface area contributed by atoms with Gasteiger partial charge in [0.25, 0.3) is 5.91 Å². The van der Waals surface area contributed by atoms with E-state index in [9.17, 15) is 14.3 Å². The van der Waals surface area contributed by atoms with E-state index in [1.807, 2.05) is 31.6 Å². The van der Waals surface area contributed by atoms with Crippen LogP contribution in [-0.2, 0) is 11.3 Å². The van der Waals surface area contributed by atoms with Crippen LogP contribution in [0.2, 0.25) is 0 Å². The van der Waals surface area contributed by atoms with Gasteiger partial charge in [0, 0.05) is 30.9 Å². The van der Waals surface area contributed by atoms with E-state index in [0.717, 1.165) is 5.56 Å². The van der Waals surface area contributed by atoms with Crippen molar-refractivity contribution >= 4 is 5.91 Å². The molecule has 1 N–H and O–H groups in total. The summed E-state index contributed by atoms with van der Waals surface area (Å²) < 4.78 is 14.8. The number of aliphatic hydroxyl groups is 1. The van der Waals surface area contributed by atoms with Crippen molar-refractivity contribution in [2.24, 2.45) is 0 Å². The minimum absolute atomic E-state index is 0.249. The van der Waals surface area contributed by atoms with Crippen molar-refractivity contribution < 1.29 is 14.3 Å². The van der Waals surface area contributed by atoms with Crippen LogP contribution in [0.3, 0.4) is 0 Å². The fraction of sp³-hybridized carbons (Fsp3) is 0.412. The van der Waals surface area contributed by atoms with Crippen LogP contribution < -0.4 is 0 Å². The lowest BCUT2D eigenvalue weighted by molar-refractivity contribution is -0.141. The van der Waals surface area contributed by atoms with Gasteiger partial charge in [-0.15, -0.1) is 0 Å². The third kappa shape index (κ3) is 4.16. The highest BCUT2D eigenvalue weighted by Crippen LogP contribution is 2.18. The Morgan fingerprint density at radius 2 is 2.00 bits per heavy atom. The van der Waals surface area contributed by atoms with Crippen LogP contribution in [0, 0.1) is 5.82 Å². The lowest BCUT2D eigenvalue weighted by Crippen LogP contribution is -2.34. The highest BCUT2D eigenvalue weighted by atomic mass is 19.1. The summed E-state index contributed by atoms with van der Waals surface area (Å²) in [6.07, 6.45) is 2.32. The summed E-state index contributed by atoms with van der Waals surface area (Å²) in [7, 11) is 0. The number of aliphatic hydroxyl groups excluding tert-OH is 1. The van der Waals surface area contributed by atoms with Gasteiger partial charge in [0.2, 0.25) is 0 Å².